The zero-order chi connectivity index (χ0) is 9.97. The summed E-state index contributed by atoms with van der Waals surface area (Å²) in [6, 6.07) is 3.39. The third kappa shape index (κ3) is 1.32. The maximum atomic E-state index is 11.4. The van der Waals surface area contributed by atoms with E-state index in [1.165, 1.54) is 4.90 Å². The predicted molar refractivity (Wildman–Crippen MR) is 48.1 cm³/mol. The normalized spacial score (nSPS) is 14.6. The molecule has 2 heterocycles. The Labute approximate surface area is 80.3 Å². The van der Waals surface area contributed by atoms with Gasteiger partial charge in [0.15, 0.2) is 6.61 Å². The average Bonchev–Trinajstić information content (AvgIpc) is 2.23. The molecule has 5 heteroatoms. The summed E-state index contributed by atoms with van der Waals surface area (Å²) in [5.41, 5.74) is 0.552. The van der Waals surface area contributed by atoms with Crippen LogP contribution < -0.4 is 9.64 Å². The third-order valence-electron chi connectivity index (χ3n) is 1.93. The molecule has 0 saturated heterocycles. The molecule has 0 N–H and O–H groups in total. The highest BCUT2D eigenvalue weighted by Crippen LogP contribution is 2.28. The number of rotatable bonds is 2. The maximum absolute atomic E-state index is 11.4. The Morgan fingerprint density at radius 1 is 1.64 bits per heavy atom. The standard InChI is InChI=1S/C9H8N2O3/c12-5-4-11-7-2-1-3-10-9(7)14-6-8(11)13/h1-3,5H,4,6H2. The first kappa shape index (κ1) is 8.68. The smallest absolute Gasteiger partial charge is 0.265 e. The van der Waals surface area contributed by atoms with E-state index in [4.69, 9.17) is 4.74 Å². The Balaban J connectivity index is 2.40. The monoisotopic (exact) mass is 192 g/mol. The molecule has 1 aromatic heterocycles. The summed E-state index contributed by atoms with van der Waals surface area (Å²) in [7, 11) is 0. The van der Waals surface area contributed by atoms with Gasteiger partial charge in [0.1, 0.15) is 12.0 Å². The molecule has 1 aliphatic heterocycles. The summed E-state index contributed by atoms with van der Waals surface area (Å²) < 4.78 is 5.09. The molecule has 0 fully saturated rings. The summed E-state index contributed by atoms with van der Waals surface area (Å²) in [4.78, 5) is 27.0. The van der Waals surface area contributed by atoms with Crippen LogP contribution in [0.4, 0.5) is 5.69 Å². The Morgan fingerprint density at radius 3 is 3.29 bits per heavy atom. The predicted octanol–water partition coefficient (Wildman–Crippen LogP) is 0.00590. The second-order valence-electron chi connectivity index (χ2n) is 2.79. The Hall–Kier alpha value is -1.91. The van der Waals surface area contributed by atoms with Gasteiger partial charge in [-0.15, -0.1) is 0 Å². The molecule has 0 bridgehead atoms. The van der Waals surface area contributed by atoms with Crippen LogP contribution in [0, 0.1) is 0 Å². The first-order valence-corrected chi connectivity index (χ1v) is 4.15. The molecule has 0 unspecified atom stereocenters. The van der Waals surface area contributed by atoms with Crippen LogP contribution in [0.2, 0.25) is 0 Å². The van der Waals surface area contributed by atoms with Gasteiger partial charge >= 0.3 is 0 Å². The molecule has 5 nitrogen and oxygen atoms in total. The zero-order valence-corrected chi connectivity index (χ0v) is 7.34. The number of amides is 1. The fourth-order valence-electron chi connectivity index (χ4n) is 1.32. The Morgan fingerprint density at radius 2 is 2.50 bits per heavy atom. The highest BCUT2D eigenvalue weighted by Gasteiger charge is 2.25. The van der Waals surface area contributed by atoms with Crippen molar-refractivity contribution in [2.75, 3.05) is 18.1 Å². The van der Waals surface area contributed by atoms with Crippen molar-refractivity contribution in [2.24, 2.45) is 0 Å². The Kier molecular flexibility index (Phi) is 2.14. The van der Waals surface area contributed by atoms with Crippen molar-refractivity contribution < 1.29 is 14.3 Å². The van der Waals surface area contributed by atoms with Crippen LogP contribution in [0.5, 0.6) is 5.88 Å². The number of carbonyl (C=O) groups is 2. The van der Waals surface area contributed by atoms with Gasteiger partial charge in [-0.3, -0.25) is 9.69 Å². The van der Waals surface area contributed by atoms with Crippen molar-refractivity contribution in [3.8, 4) is 5.88 Å². The number of ether oxygens (including phenoxy) is 1. The van der Waals surface area contributed by atoms with Crippen molar-refractivity contribution in [3.63, 3.8) is 0 Å². The highest BCUT2D eigenvalue weighted by molar-refractivity contribution is 5.99. The lowest BCUT2D eigenvalue weighted by molar-refractivity contribution is -0.122. The van der Waals surface area contributed by atoms with Crippen LogP contribution in [0.25, 0.3) is 0 Å². The average molecular weight is 192 g/mol. The molecule has 0 aromatic carbocycles. The minimum Gasteiger partial charge on any atom is -0.466 e. The molecule has 72 valence electrons. The highest BCUT2D eigenvalue weighted by atomic mass is 16.5. The van der Waals surface area contributed by atoms with E-state index < -0.39 is 0 Å². The van der Waals surface area contributed by atoms with Gasteiger partial charge in [0, 0.05) is 6.20 Å². The van der Waals surface area contributed by atoms with E-state index in [0.29, 0.717) is 17.9 Å². The number of nitrogens with zero attached hydrogens (tertiary/aromatic N) is 2. The molecule has 0 atom stereocenters. The van der Waals surface area contributed by atoms with Crippen LogP contribution >= 0.6 is 0 Å². The largest absolute Gasteiger partial charge is 0.466 e. The maximum Gasteiger partial charge on any atom is 0.265 e. The van der Waals surface area contributed by atoms with E-state index in [1.807, 2.05) is 0 Å². The molecule has 1 aromatic rings. The lowest BCUT2D eigenvalue weighted by Gasteiger charge is -2.26. The van der Waals surface area contributed by atoms with Gasteiger partial charge in [-0.25, -0.2) is 4.98 Å². The Bertz CT molecular complexity index is 378. The van der Waals surface area contributed by atoms with E-state index in [2.05, 4.69) is 4.98 Å². The van der Waals surface area contributed by atoms with Crippen LogP contribution in [0.15, 0.2) is 18.3 Å². The molecule has 1 amide bonds. The van der Waals surface area contributed by atoms with Gasteiger partial charge in [0.25, 0.3) is 5.91 Å². The first-order chi connectivity index (χ1) is 6.83. The zero-order valence-electron chi connectivity index (χ0n) is 7.34. The van der Waals surface area contributed by atoms with Gasteiger partial charge in [-0.2, -0.15) is 0 Å². The number of pyridine rings is 1. The number of fused-ring (bicyclic) bond motifs is 1. The van der Waals surface area contributed by atoms with Crippen molar-refractivity contribution in [1.29, 1.82) is 0 Å². The topological polar surface area (TPSA) is 59.5 Å². The molecule has 2 rings (SSSR count). The van der Waals surface area contributed by atoms with E-state index in [0.717, 1.165) is 0 Å². The van der Waals surface area contributed by atoms with Crippen molar-refractivity contribution in [2.45, 2.75) is 0 Å². The summed E-state index contributed by atoms with van der Waals surface area (Å²) in [6.07, 6.45) is 2.26. The second kappa shape index (κ2) is 3.45. The molecular formula is C9H8N2O3. The molecule has 1 aliphatic rings. The first-order valence-electron chi connectivity index (χ1n) is 4.15. The quantitative estimate of drug-likeness (QED) is 0.619. The van der Waals surface area contributed by atoms with Crippen LogP contribution in [-0.4, -0.2) is 30.3 Å². The lowest BCUT2D eigenvalue weighted by Crippen LogP contribution is -2.40. The van der Waals surface area contributed by atoms with Crippen LogP contribution in [-0.2, 0) is 9.59 Å². The minimum absolute atomic E-state index is 0.0425. The summed E-state index contributed by atoms with van der Waals surface area (Å²) in [6.45, 7) is -0.0151. The number of carbonyl (C=O) groups excluding carboxylic acids is 2. The van der Waals surface area contributed by atoms with E-state index in [-0.39, 0.29) is 19.1 Å². The fourth-order valence-corrected chi connectivity index (χ4v) is 1.32. The minimum atomic E-state index is -0.224. The summed E-state index contributed by atoms with van der Waals surface area (Å²) in [5.74, 6) is 0.173. The number of hydrogen-bond donors (Lipinski definition) is 0. The molecule has 0 spiro atoms. The van der Waals surface area contributed by atoms with Crippen molar-refractivity contribution >= 4 is 17.9 Å². The van der Waals surface area contributed by atoms with Gasteiger partial charge in [0.2, 0.25) is 5.88 Å². The molecule has 14 heavy (non-hydrogen) atoms. The number of hydrogen-bond acceptors (Lipinski definition) is 4. The van der Waals surface area contributed by atoms with E-state index in [9.17, 15) is 9.59 Å². The molecule has 0 radical (unpaired) electrons. The van der Waals surface area contributed by atoms with Crippen molar-refractivity contribution in [1.82, 2.24) is 4.98 Å². The summed E-state index contributed by atoms with van der Waals surface area (Å²) in [5, 5.41) is 0. The van der Waals surface area contributed by atoms with Gasteiger partial charge in [-0.05, 0) is 12.1 Å². The van der Waals surface area contributed by atoms with Gasteiger partial charge < -0.3 is 9.53 Å². The molecule has 0 saturated carbocycles. The lowest BCUT2D eigenvalue weighted by atomic mass is 10.3. The van der Waals surface area contributed by atoms with Crippen molar-refractivity contribution in [3.05, 3.63) is 18.3 Å². The number of aromatic nitrogens is 1. The summed E-state index contributed by atoms with van der Waals surface area (Å²) >= 11 is 0. The number of anilines is 1. The third-order valence-corrected chi connectivity index (χ3v) is 1.93. The SMILES string of the molecule is O=CCN1C(=O)COc2ncccc21. The van der Waals surface area contributed by atoms with E-state index in [1.54, 1.807) is 18.3 Å². The fraction of sp³-hybridized carbons (Fsp3) is 0.222. The van der Waals surface area contributed by atoms with E-state index >= 15 is 0 Å². The molecular weight excluding hydrogens is 184 g/mol. The molecule has 0 aliphatic carbocycles. The van der Waals surface area contributed by atoms with Gasteiger partial charge in [0.05, 0.1) is 6.54 Å². The van der Waals surface area contributed by atoms with Crippen LogP contribution in [0.1, 0.15) is 0 Å². The van der Waals surface area contributed by atoms with Gasteiger partial charge in [-0.1, -0.05) is 0 Å². The second-order valence-corrected chi connectivity index (χ2v) is 2.79. The van der Waals surface area contributed by atoms with Crippen LogP contribution in [0.3, 0.4) is 0 Å². The number of aldehydes is 1.